The standard InChI is InChI=1S/C13H16N2O2S/c1-10(2)9-14-18(16,17)13-8-7-11-5-3-4-6-12(11)15-13/h3-8,10,14H,9H2,1-2H3. The molecule has 1 aromatic heterocycles. The monoisotopic (exact) mass is 264 g/mol. The van der Waals surface area contributed by atoms with Gasteiger partial charge in [0.25, 0.3) is 10.0 Å². The van der Waals surface area contributed by atoms with Crippen LogP contribution in [0.25, 0.3) is 10.9 Å². The van der Waals surface area contributed by atoms with Gasteiger partial charge in [0.2, 0.25) is 0 Å². The predicted molar refractivity (Wildman–Crippen MR) is 71.8 cm³/mol. The SMILES string of the molecule is CC(C)CNS(=O)(=O)c1ccc2ccccc2n1. The van der Waals surface area contributed by atoms with Gasteiger partial charge in [-0.1, -0.05) is 32.0 Å². The summed E-state index contributed by atoms with van der Waals surface area (Å²) >= 11 is 0. The fourth-order valence-electron chi connectivity index (χ4n) is 1.55. The number of hydrogen-bond donors (Lipinski definition) is 1. The zero-order valence-corrected chi connectivity index (χ0v) is 11.2. The van der Waals surface area contributed by atoms with Gasteiger partial charge in [-0.2, -0.15) is 0 Å². The summed E-state index contributed by atoms with van der Waals surface area (Å²) in [6.07, 6.45) is 0. The summed E-state index contributed by atoms with van der Waals surface area (Å²) in [6, 6.07) is 10.7. The third kappa shape index (κ3) is 2.86. The first-order chi connectivity index (χ1) is 8.49. The molecule has 18 heavy (non-hydrogen) atoms. The van der Waals surface area contributed by atoms with Crippen LogP contribution in [0.15, 0.2) is 41.4 Å². The molecular formula is C13H16N2O2S. The lowest BCUT2D eigenvalue weighted by atomic mass is 10.2. The van der Waals surface area contributed by atoms with E-state index in [0.717, 1.165) is 5.39 Å². The number of aromatic nitrogens is 1. The molecule has 0 saturated heterocycles. The molecule has 0 fully saturated rings. The number of nitrogens with zero attached hydrogens (tertiary/aromatic N) is 1. The lowest BCUT2D eigenvalue weighted by Crippen LogP contribution is -2.28. The average molecular weight is 264 g/mol. The van der Waals surface area contributed by atoms with E-state index in [-0.39, 0.29) is 10.9 Å². The minimum atomic E-state index is -3.51. The molecule has 0 aliphatic carbocycles. The topological polar surface area (TPSA) is 59.1 Å². The smallest absolute Gasteiger partial charge is 0.235 e. The van der Waals surface area contributed by atoms with Gasteiger partial charge >= 0.3 is 0 Å². The van der Waals surface area contributed by atoms with Crippen molar-refractivity contribution in [2.24, 2.45) is 5.92 Å². The molecule has 0 aliphatic heterocycles. The van der Waals surface area contributed by atoms with E-state index in [1.807, 2.05) is 32.0 Å². The Kier molecular flexibility index (Phi) is 3.63. The van der Waals surface area contributed by atoms with E-state index in [4.69, 9.17) is 0 Å². The molecule has 0 unspecified atom stereocenters. The van der Waals surface area contributed by atoms with Crippen LogP contribution in [0.5, 0.6) is 0 Å². The Balaban J connectivity index is 2.35. The van der Waals surface area contributed by atoms with Crippen molar-refractivity contribution < 1.29 is 8.42 Å². The van der Waals surface area contributed by atoms with E-state index < -0.39 is 10.0 Å². The maximum atomic E-state index is 12.0. The average Bonchev–Trinajstić information content (AvgIpc) is 2.36. The molecule has 0 spiro atoms. The lowest BCUT2D eigenvalue weighted by Gasteiger charge is -2.08. The van der Waals surface area contributed by atoms with E-state index in [9.17, 15) is 8.42 Å². The van der Waals surface area contributed by atoms with Crippen LogP contribution >= 0.6 is 0 Å². The zero-order valence-electron chi connectivity index (χ0n) is 10.4. The minimum Gasteiger partial charge on any atom is -0.235 e. The van der Waals surface area contributed by atoms with Crippen molar-refractivity contribution >= 4 is 20.9 Å². The molecule has 2 rings (SSSR count). The molecule has 0 atom stereocenters. The second-order valence-corrected chi connectivity index (χ2v) is 6.30. The van der Waals surface area contributed by atoms with Gasteiger partial charge < -0.3 is 0 Å². The number of pyridine rings is 1. The van der Waals surface area contributed by atoms with Gasteiger partial charge in [0, 0.05) is 11.9 Å². The van der Waals surface area contributed by atoms with Gasteiger partial charge in [-0.25, -0.2) is 18.1 Å². The van der Waals surface area contributed by atoms with E-state index >= 15 is 0 Å². The van der Waals surface area contributed by atoms with Crippen LogP contribution in [0.3, 0.4) is 0 Å². The molecule has 0 amide bonds. The first kappa shape index (κ1) is 13.0. The van der Waals surface area contributed by atoms with E-state index in [1.165, 1.54) is 6.07 Å². The van der Waals surface area contributed by atoms with Gasteiger partial charge in [-0.3, -0.25) is 0 Å². The molecule has 0 saturated carbocycles. The van der Waals surface area contributed by atoms with E-state index in [0.29, 0.717) is 12.1 Å². The predicted octanol–water partition coefficient (Wildman–Crippen LogP) is 2.17. The summed E-state index contributed by atoms with van der Waals surface area (Å²) in [7, 11) is -3.51. The summed E-state index contributed by atoms with van der Waals surface area (Å²) in [4.78, 5) is 4.17. The Morgan fingerprint density at radius 3 is 2.61 bits per heavy atom. The summed E-state index contributed by atoms with van der Waals surface area (Å²) in [5, 5.41) is 1.00. The van der Waals surface area contributed by atoms with E-state index in [1.54, 1.807) is 12.1 Å². The third-order valence-corrected chi connectivity index (χ3v) is 3.85. The van der Waals surface area contributed by atoms with Crippen LogP contribution in [0.1, 0.15) is 13.8 Å². The minimum absolute atomic E-state index is 0.0712. The van der Waals surface area contributed by atoms with Gasteiger partial charge in [-0.15, -0.1) is 0 Å². The summed E-state index contributed by atoms with van der Waals surface area (Å²) in [5.74, 6) is 0.264. The van der Waals surface area contributed by atoms with Crippen LogP contribution in [-0.2, 0) is 10.0 Å². The first-order valence-electron chi connectivity index (χ1n) is 5.84. The Hall–Kier alpha value is -1.46. The summed E-state index contributed by atoms with van der Waals surface area (Å²) in [5.41, 5.74) is 0.685. The largest absolute Gasteiger partial charge is 0.258 e. The quantitative estimate of drug-likeness (QED) is 0.920. The molecule has 0 aliphatic rings. The van der Waals surface area contributed by atoms with E-state index in [2.05, 4.69) is 9.71 Å². The number of para-hydroxylation sites is 1. The second-order valence-electron chi connectivity index (χ2n) is 4.59. The molecule has 0 bridgehead atoms. The molecular weight excluding hydrogens is 248 g/mol. The van der Waals surface area contributed by atoms with Crippen molar-refractivity contribution in [3.05, 3.63) is 36.4 Å². The Bertz CT molecular complexity index is 651. The maximum absolute atomic E-state index is 12.0. The fourth-order valence-corrected chi connectivity index (χ4v) is 2.71. The molecule has 4 nitrogen and oxygen atoms in total. The van der Waals surface area contributed by atoms with Crippen LogP contribution in [-0.4, -0.2) is 19.9 Å². The lowest BCUT2D eigenvalue weighted by molar-refractivity contribution is 0.557. The highest BCUT2D eigenvalue weighted by atomic mass is 32.2. The van der Waals surface area contributed by atoms with Gasteiger partial charge in [0.15, 0.2) is 5.03 Å². The number of hydrogen-bond acceptors (Lipinski definition) is 3. The van der Waals surface area contributed by atoms with Crippen LogP contribution in [0.2, 0.25) is 0 Å². The van der Waals surface area contributed by atoms with Crippen molar-refractivity contribution in [2.45, 2.75) is 18.9 Å². The van der Waals surface area contributed by atoms with Gasteiger partial charge in [-0.05, 0) is 24.1 Å². The second kappa shape index (κ2) is 5.04. The van der Waals surface area contributed by atoms with Crippen molar-refractivity contribution in [3.63, 3.8) is 0 Å². The first-order valence-corrected chi connectivity index (χ1v) is 7.33. The van der Waals surface area contributed by atoms with Gasteiger partial charge in [0.1, 0.15) is 0 Å². The maximum Gasteiger partial charge on any atom is 0.258 e. The molecule has 0 radical (unpaired) electrons. The molecule has 1 N–H and O–H groups in total. The fraction of sp³-hybridized carbons (Fsp3) is 0.308. The van der Waals surface area contributed by atoms with Gasteiger partial charge in [0.05, 0.1) is 5.52 Å². The number of rotatable bonds is 4. The van der Waals surface area contributed by atoms with Crippen LogP contribution in [0.4, 0.5) is 0 Å². The molecule has 96 valence electrons. The third-order valence-electron chi connectivity index (χ3n) is 2.53. The Labute approximate surface area is 107 Å². The molecule has 1 heterocycles. The zero-order chi connectivity index (χ0) is 13.2. The van der Waals surface area contributed by atoms with Crippen molar-refractivity contribution in [1.82, 2.24) is 9.71 Å². The number of fused-ring (bicyclic) bond motifs is 1. The highest BCUT2D eigenvalue weighted by molar-refractivity contribution is 7.89. The van der Waals surface area contributed by atoms with Crippen molar-refractivity contribution in [3.8, 4) is 0 Å². The number of benzene rings is 1. The highest BCUT2D eigenvalue weighted by Gasteiger charge is 2.15. The Morgan fingerprint density at radius 2 is 1.89 bits per heavy atom. The summed E-state index contributed by atoms with van der Waals surface area (Å²) in [6.45, 7) is 4.32. The van der Waals surface area contributed by atoms with Crippen molar-refractivity contribution in [2.75, 3.05) is 6.54 Å². The van der Waals surface area contributed by atoms with Crippen LogP contribution in [0, 0.1) is 5.92 Å². The molecule has 1 aromatic carbocycles. The summed E-state index contributed by atoms with van der Waals surface area (Å²) < 4.78 is 26.6. The normalized spacial score (nSPS) is 12.2. The number of sulfonamides is 1. The van der Waals surface area contributed by atoms with Crippen LogP contribution < -0.4 is 4.72 Å². The molecule has 2 aromatic rings. The van der Waals surface area contributed by atoms with Crippen molar-refractivity contribution in [1.29, 1.82) is 0 Å². The highest BCUT2D eigenvalue weighted by Crippen LogP contribution is 2.14. The number of nitrogens with one attached hydrogen (secondary N) is 1. The Morgan fingerprint density at radius 1 is 1.17 bits per heavy atom. The molecule has 5 heteroatoms.